The van der Waals surface area contributed by atoms with Crippen molar-refractivity contribution in [2.45, 2.75) is 57.0 Å². The second-order valence-electron chi connectivity index (χ2n) is 7.76. The van der Waals surface area contributed by atoms with Crippen LogP contribution in [-0.4, -0.2) is 29.0 Å². The Morgan fingerprint density at radius 3 is 2.53 bits per heavy atom. The van der Waals surface area contributed by atoms with Crippen LogP contribution in [0, 0.1) is 0 Å². The fourth-order valence-corrected chi connectivity index (χ4v) is 5.60. The van der Waals surface area contributed by atoms with Gasteiger partial charge >= 0.3 is 0 Å². The smallest absolute Gasteiger partial charge is 0.249 e. The average molecular weight is 446 g/mol. The van der Waals surface area contributed by atoms with Gasteiger partial charge in [-0.1, -0.05) is 29.8 Å². The van der Waals surface area contributed by atoms with E-state index in [-0.39, 0.29) is 24.4 Å². The molecule has 0 unspecified atom stereocenters. The number of halogens is 1. The molecule has 0 saturated carbocycles. The average Bonchev–Trinajstić information content (AvgIpc) is 3.20. The Hall–Kier alpha value is -2.22. The summed E-state index contributed by atoms with van der Waals surface area (Å²) in [6.45, 7) is 3.66. The fourth-order valence-electron chi connectivity index (χ4n) is 3.75. The molecule has 0 aliphatic heterocycles. The zero-order valence-corrected chi connectivity index (χ0v) is 18.6. The minimum atomic E-state index is -3.72. The summed E-state index contributed by atoms with van der Waals surface area (Å²) in [5, 5.41) is 8.60. The highest BCUT2D eigenvalue weighted by Crippen LogP contribution is 2.29. The van der Waals surface area contributed by atoms with Gasteiger partial charge < -0.3 is 4.42 Å². The van der Waals surface area contributed by atoms with E-state index in [2.05, 4.69) is 10.2 Å². The molecule has 158 valence electrons. The van der Waals surface area contributed by atoms with Gasteiger partial charge in [0.1, 0.15) is 0 Å². The van der Waals surface area contributed by atoms with Crippen molar-refractivity contribution >= 4 is 21.6 Å². The third kappa shape index (κ3) is 4.15. The number of sulfonamides is 1. The van der Waals surface area contributed by atoms with Gasteiger partial charge in [-0.05, 0) is 74.9 Å². The standard InChI is InChI=1S/C22H24ClN3O3S/c1-15(2)26(14-21-24-25-22(29-21)19-9-5-6-10-20(19)23)30(27,28)18-12-11-16-7-3-4-8-17(16)13-18/h5-6,9-13,15H,3-4,7-8,14H2,1-2H3. The molecule has 4 rings (SSSR count). The third-order valence-electron chi connectivity index (χ3n) is 5.36. The lowest BCUT2D eigenvalue weighted by molar-refractivity contribution is 0.313. The van der Waals surface area contributed by atoms with Crippen molar-refractivity contribution in [3.8, 4) is 11.5 Å². The van der Waals surface area contributed by atoms with Gasteiger partial charge in [0, 0.05) is 6.04 Å². The highest BCUT2D eigenvalue weighted by molar-refractivity contribution is 7.89. The van der Waals surface area contributed by atoms with E-state index >= 15 is 0 Å². The van der Waals surface area contributed by atoms with E-state index in [0.29, 0.717) is 15.5 Å². The van der Waals surface area contributed by atoms with Crippen LogP contribution in [0.1, 0.15) is 43.7 Å². The normalized spacial score (nSPS) is 14.3. The highest BCUT2D eigenvalue weighted by Gasteiger charge is 2.30. The minimum absolute atomic E-state index is 0.00542. The van der Waals surface area contributed by atoms with Crippen molar-refractivity contribution in [3.63, 3.8) is 0 Å². The molecule has 1 aliphatic carbocycles. The molecule has 0 fully saturated rings. The predicted molar refractivity (Wildman–Crippen MR) is 116 cm³/mol. The molecule has 1 aromatic heterocycles. The SMILES string of the molecule is CC(C)N(Cc1nnc(-c2ccccc2Cl)o1)S(=O)(=O)c1ccc2c(c1)CCCC2. The van der Waals surface area contributed by atoms with Crippen molar-refractivity contribution < 1.29 is 12.8 Å². The lowest BCUT2D eigenvalue weighted by Gasteiger charge is -2.25. The summed E-state index contributed by atoms with van der Waals surface area (Å²) in [5.41, 5.74) is 2.99. The number of hydrogen-bond donors (Lipinski definition) is 0. The number of fused-ring (bicyclic) bond motifs is 1. The molecular formula is C22H24ClN3O3S. The Labute approximate surface area is 181 Å². The molecular weight excluding hydrogens is 422 g/mol. The fraction of sp³-hybridized carbons (Fsp3) is 0.364. The van der Waals surface area contributed by atoms with Crippen LogP contribution in [0.15, 0.2) is 51.8 Å². The first-order chi connectivity index (χ1) is 14.4. The summed E-state index contributed by atoms with van der Waals surface area (Å²) < 4.78 is 33.9. The van der Waals surface area contributed by atoms with E-state index < -0.39 is 10.0 Å². The van der Waals surface area contributed by atoms with Crippen molar-refractivity contribution in [2.24, 2.45) is 0 Å². The molecule has 1 aliphatic rings. The minimum Gasteiger partial charge on any atom is -0.419 e. The first-order valence-electron chi connectivity index (χ1n) is 10.1. The van der Waals surface area contributed by atoms with E-state index in [0.717, 1.165) is 31.2 Å². The van der Waals surface area contributed by atoms with Crippen LogP contribution in [0.4, 0.5) is 0 Å². The first-order valence-corrected chi connectivity index (χ1v) is 11.9. The second kappa shape index (κ2) is 8.49. The Balaban J connectivity index is 1.62. The van der Waals surface area contributed by atoms with Gasteiger partial charge in [-0.2, -0.15) is 4.31 Å². The van der Waals surface area contributed by atoms with Crippen molar-refractivity contribution in [3.05, 3.63) is 64.5 Å². The number of hydrogen-bond acceptors (Lipinski definition) is 5. The van der Waals surface area contributed by atoms with Crippen LogP contribution >= 0.6 is 11.6 Å². The summed E-state index contributed by atoms with van der Waals surface area (Å²) in [6, 6.07) is 12.4. The van der Waals surface area contributed by atoms with Crippen LogP contribution in [-0.2, 0) is 29.4 Å². The van der Waals surface area contributed by atoms with E-state index in [4.69, 9.17) is 16.0 Å². The van der Waals surface area contributed by atoms with Crippen molar-refractivity contribution in [1.29, 1.82) is 0 Å². The summed E-state index contributed by atoms with van der Waals surface area (Å²) in [4.78, 5) is 0.308. The molecule has 8 heteroatoms. The maximum Gasteiger partial charge on any atom is 0.249 e. The summed E-state index contributed by atoms with van der Waals surface area (Å²) in [7, 11) is -3.72. The highest BCUT2D eigenvalue weighted by atomic mass is 35.5. The number of nitrogens with zero attached hydrogens (tertiary/aromatic N) is 3. The van der Waals surface area contributed by atoms with E-state index in [1.165, 1.54) is 9.87 Å². The van der Waals surface area contributed by atoms with Crippen molar-refractivity contribution in [1.82, 2.24) is 14.5 Å². The van der Waals surface area contributed by atoms with Gasteiger partial charge in [0.25, 0.3) is 0 Å². The van der Waals surface area contributed by atoms with Gasteiger partial charge in [0.05, 0.1) is 22.0 Å². The Kier molecular flexibility index (Phi) is 5.95. The first kappa shape index (κ1) is 21.0. The lowest BCUT2D eigenvalue weighted by Crippen LogP contribution is -2.36. The topological polar surface area (TPSA) is 76.3 Å². The second-order valence-corrected chi connectivity index (χ2v) is 10.1. The Bertz CT molecular complexity index is 1160. The molecule has 3 aromatic rings. The van der Waals surface area contributed by atoms with Crippen LogP contribution < -0.4 is 0 Å². The molecule has 0 bridgehead atoms. The molecule has 0 N–H and O–H groups in total. The quantitative estimate of drug-likeness (QED) is 0.541. The van der Waals surface area contributed by atoms with Gasteiger partial charge in [0.2, 0.25) is 21.8 Å². The molecule has 0 atom stereocenters. The zero-order valence-electron chi connectivity index (χ0n) is 17.0. The van der Waals surface area contributed by atoms with Crippen LogP contribution in [0.25, 0.3) is 11.5 Å². The maximum absolute atomic E-state index is 13.4. The largest absolute Gasteiger partial charge is 0.419 e. The zero-order chi connectivity index (χ0) is 21.3. The van der Waals surface area contributed by atoms with Gasteiger partial charge in [-0.3, -0.25) is 0 Å². The number of rotatable bonds is 6. The van der Waals surface area contributed by atoms with Crippen LogP contribution in [0.5, 0.6) is 0 Å². The summed E-state index contributed by atoms with van der Waals surface area (Å²) in [5.74, 6) is 0.491. The van der Waals surface area contributed by atoms with Gasteiger partial charge in [0.15, 0.2) is 0 Å². The Morgan fingerprint density at radius 2 is 1.80 bits per heavy atom. The number of aryl methyl sites for hydroxylation is 2. The number of aromatic nitrogens is 2. The van der Waals surface area contributed by atoms with Crippen LogP contribution in [0.2, 0.25) is 5.02 Å². The van der Waals surface area contributed by atoms with Gasteiger partial charge in [-0.15, -0.1) is 10.2 Å². The summed E-state index contributed by atoms with van der Waals surface area (Å²) in [6.07, 6.45) is 4.18. The molecule has 30 heavy (non-hydrogen) atoms. The number of benzene rings is 2. The molecule has 6 nitrogen and oxygen atoms in total. The monoisotopic (exact) mass is 445 g/mol. The van der Waals surface area contributed by atoms with Crippen molar-refractivity contribution in [2.75, 3.05) is 0 Å². The molecule has 0 amide bonds. The molecule has 1 heterocycles. The summed E-state index contributed by atoms with van der Waals surface area (Å²) >= 11 is 6.20. The molecule has 0 saturated heterocycles. The van der Waals surface area contributed by atoms with Gasteiger partial charge in [-0.25, -0.2) is 8.42 Å². The maximum atomic E-state index is 13.4. The molecule has 0 radical (unpaired) electrons. The molecule has 2 aromatic carbocycles. The third-order valence-corrected chi connectivity index (χ3v) is 7.71. The predicted octanol–water partition coefficient (Wildman–Crippen LogP) is 4.87. The Morgan fingerprint density at radius 1 is 1.07 bits per heavy atom. The van der Waals surface area contributed by atoms with E-state index in [9.17, 15) is 8.42 Å². The van der Waals surface area contributed by atoms with E-state index in [1.54, 1.807) is 18.2 Å². The lowest BCUT2D eigenvalue weighted by atomic mass is 9.92. The van der Waals surface area contributed by atoms with Crippen LogP contribution in [0.3, 0.4) is 0 Å². The van der Waals surface area contributed by atoms with E-state index in [1.807, 2.05) is 38.1 Å². The molecule has 0 spiro atoms.